The Morgan fingerprint density at radius 3 is 2.18 bits per heavy atom. The minimum atomic E-state index is 0. The van der Waals surface area contributed by atoms with E-state index in [1.165, 1.54) is 11.1 Å². The number of hydrogen-bond donors (Lipinski definition) is 1. The molecule has 0 radical (unpaired) electrons. The Balaban J connectivity index is 0.00000176. The molecule has 1 amide bonds. The van der Waals surface area contributed by atoms with Crippen LogP contribution in [-0.4, -0.2) is 23.9 Å². The lowest BCUT2D eigenvalue weighted by Crippen LogP contribution is -2.38. The first-order chi connectivity index (χ1) is 10.1. The second-order valence-electron chi connectivity index (χ2n) is 5.75. The van der Waals surface area contributed by atoms with Gasteiger partial charge in [0.25, 0.3) is 0 Å². The van der Waals surface area contributed by atoms with E-state index in [1.54, 1.807) is 0 Å². The minimum Gasteiger partial charge on any atom is -0.399 e. The molecule has 0 fully saturated rings. The third-order valence-electron chi connectivity index (χ3n) is 4.31. The Bertz CT molecular complexity index is 629. The summed E-state index contributed by atoms with van der Waals surface area (Å²) in [6, 6.07) is 16.3. The van der Waals surface area contributed by atoms with Crippen molar-refractivity contribution in [1.29, 1.82) is 0 Å². The second kappa shape index (κ2) is 6.84. The summed E-state index contributed by atoms with van der Waals surface area (Å²) >= 11 is 0. The number of halogens is 1. The van der Waals surface area contributed by atoms with Gasteiger partial charge in [0.2, 0.25) is 5.91 Å². The summed E-state index contributed by atoms with van der Waals surface area (Å²) in [4.78, 5) is 14.3. The summed E-state index contributed by atoms with van der Waals surface area (Å²) in [7, 11) is 1.91. The molecule has 2 N–H and O–H groups in total. The Morgan fingerprint density at radius 2 is 1.64 bits per heavy atom. The Kier molecular flexibility index (Phi) is 5.09. The standard InChI is InChI=1S/C18H20N2O.ClH/c1-20(17-11-14-4-2-3-5-15(14)12-17)18(21)10-13-6-8-16(19)9-7-13;/h2-9,17H,10-12,19H2,1H3;1H. The number of nitrogens with zero attached hydrogens (tertiary/aromatic N) is 1. The lowest BCUT2D eigenvalue weighted by molar-refractivity contribution is -0.131. The van der Waals surface area contributed by atoms with E-state index in [1.807, 2.05) is 36.2 Å². The molecule has 3 rings (SSSR count). The van der Waals surface area contributed by atoms with Crippen LogP contribution in [0.1, 0.15) is 16.7 Å². The van der Waals surface area contributed by atoms with Gasteiger partial charge in [0.15, 0.2) is 0 Å². The zero-order valence-electron chi connectivity index (χ0n) is 12.7. The average molecular weight is 317 g/mol. The van der Waals surface area contributed by atoms with Gasteiger partial charge in [-0.3, -0.25) is 4.79 Å². The maximum absolute atomic E-state index is 12.4. The molecule has 0 aromatic heterocycles. The molecule has 4 heteroatoms. The van der Waals surface area contributed by atoms with E-state index in [4.69, 9.17) is 5.73 Å². The lowest BCUT2D eigenvalue weighted by atomic mass is 10.1. The third-order valence-corrected chi connectivity index (χ3v) is 4.31. The lowest BCUT2D eigenvalue weighted by Gasteiger charge is -2.24. The quantitative estimate of drug-likeness (QED) is 0.885. The Morgan fingerprint density at radius 1 is 1.09 bits per heavy atom. The summed E-state index contributed by atoms with van der Waals surface area (Å²) in [5, 5.41) is 0. The second-order valence-corrected chi connectivity index (χ2v) is 5.75. The van der Waals surface area contributed by atoms with Crippen LogP contribution in [0.3, 0.4) is 0 Å². The van der Waals surface area contributed by atoms with Crippen molar-refractivity contribution in [3.63, 3.8) is 0 Å². The fourth-order valence-electron chi connectivity index (χ4n) is 2.95. The molecule has 2 aromatic carbocycles. The summed E-state index contributed by atoms with van der Waals surface area (Å²) in [6.45, 7) is 0. The van der Waals surface area contributed by atoms with Crippen molar-refractivity contribution in [2.24, 2.45) is 0 Å². The molecule has 22 heavy (non-hydrogen) atoms. The number of benzene rings is 2. The van der Waals surface area contributed by atoms with E-state index in [0.717, 1.165) is 24.1 Å². The van der Waals surface area contributed by atoms with Crippen molar-refractivity contribution < 1.29 is 4.79 Å². The molecular weight excluding hydrogens is 296 g/mol. The van der Waals surface area contributed by atoms with Crippen molar-refractivity contribution in [2.75, 3.05) is 12.8 Å². The number of rotatable bonds is 3. The van der Waals surface area contributed by atoms with Gasteiger partial charge >= 0.3 is 0 Å². The van der Waals surface area contributed by atoms with E-state index >= 15 is 0 Å². The zero-order chi connectivity index (χ0) is 14.8. The molecule has 3 nitrogen and oxygen atoms in total. The van der Waals surface area contributed by atoms with Crippen LogP contribution in [-0.2, 0) is 24.1 Å². The van der Waals surface area contributed by atoms with Crippen molar-refractivity contribution in [2.45, 2.75) is 25.3 Å². The maximum Gasteiger partial charge on any atom is 0.227 e. The number of nitrogens with two attached hydrogens (primary N) is 1. The highest BCUT2D eigenvalue weighted by atomic mass is 35.5. The maximum atomic E-state index is 12.4. The molecule has 0 unspecified atom stereocenters. The summed E-state index contributed by atoms with van der Waals surface area (Å²) in [5.74, 6) is 0.164. The van der Waals surface area contributed by atoms with E-state index < -0.39 is 0 Å². The molecule has 0 heterocycles. The van der Waals surface area contributed by atoms with Crippen LogP contribution in [0.15, 0.2) is 48.5 Å². The number of carbonyl (C=O) groups excluding carboxylic acids is 1. The van der Waals surface area contributed by atoms with Gasteiger partial charge in [0, 0.05) is 18.8 Å². The predicted octanol–water partition coefficient (Wildman–Crippen LogP) is 2.86. The molecule has 1 aliphatic carbocycles. The van der Waals surface area contributed by atoms with Gasteiger partial charge in [0.05, 0.1) is 6.42 Å². The number of anilines is 1. The highest BCUT2D eigenvalue weighted by Gasteiger charge is 2.27. The van der Waals surface area contributed by atoms with Gasteiger partial charge in [-0.1, -0.05) is 36.4 Å². The first kappa shape index (κ1) is 16.4. The van der Waals surface area contributed by atoms with Gasteiger partial charge in [-0.25, -0.2) is 0 Å². The van der Waals surface area contributed by atoms with Crippen molar-refractivity contribution in [3.8, 4) is 0 Å². The Hall–Kier alpha value is -2.00. The largest absolute Gasteiger partial charge is 0.399 e. The fourth-order valence-corrected chi connectivity index (χ4v) is 2.95. The normalized spacial score (nSPS) is 13.3. The van der Waals surface area contributed by atoms with Crippen LogP contribution in [0.2, 0.25) is 0 Å². The van der Waals surface area contributed by atoms with Gasteiger partial charge < -0.3 is 10.6 Å². The molecule has 0 saturated carbocycles. The average Bonchev–Trinajstić information content (AvgIpc) is 2.92. The minimum absolute atomic E-state index is 0. The van der Waals surface area contributed by atoms with Gasteiger partial charge in [-0.15, -0.1) is 12.4 Å². The van der Waals surface area contributed by atoms with Crippen LogP contribution in [0.4, 0.5) is 5.69 Å². The molecule has 0 bridgehead atoms. The van der Waals surface area contributed by atoms with Crippen molar-refractivity contribution >= 4 is 24.0 Å². The number of carbonyl (C=O) groups is 1. The number of likely N-dealkylation sites (N-methyl/N-ethyl adjacent to an activating group) is 1. The summed E-state index contributed by atoms with van der Waals surface area (Å²) < 4.78 is 0. The molecule has 2 aromatic rings. The number of amides is 1. The van der Waals surface area contributed by atoms with Crippen molar-refractivity contribution in [3.05, 3.63) is 65.2 Å². The van der Waals surface area contributed by atoms with E-state index in [2.05, 4.69) is 24.3 Å². The monoisotopic (exact) mass is 316 g/mol. The summed E-state index contributed by atoms with van der Waals surface area (Å²) in [6.07, 6.45) is 2.35. The van der Waals surface area contributed by atoms with Crippen LogP contribution in [0.5, 0.6) is 0 Å². The SMILES string of the molecule is CN(C(=O)Cc1ccc(N)cc1)C1Cc2ccccc2C1.Cl. The topological polar surface area (TPSA) is 46.3 Å². The molecule has 0 atom stereocenters. The fraction of sp³-hybridized carbons (Fsp3) is 0.278. The van der Waals surface area contributed by atoms with Crippen LogP contribution < -0.4 is 5.73 Å². The van der Waals surface area contributed by atoms with E-state index in [0.29, 0.717) is 6.42 Å². The van der Waals surface area contributed by atoms with Crippen LogP contribution in [0.25, 0.3) is 0 Å². The Labute approximate surface area is 137 Å². The van der Waals surface area contributed by atoms with E-state index in [-0.39, 0.29) is 24.4 Å². The molecule has 0 spiro atoms. The van der Waals surface area contributed by atoms with Crippen LogP contribution >= 0.6 is 12.4 Å². The number of hydrogen-bond acceptors (Lipinski definition) is 2. The molecule has 0 aliphatic heterocycles. The van der Waals surface area contributed by atoms with Crippen molar-refractivity contribution in [1.82, 2.24) is 4.90 Å². The molecule has 1 aliphatic rings. The first-order valence-electron chi connectivity index (χ1n) is 7.30. The number of fused-ring (bicyclic) bond motifs is 1. The van der Waals surface area contributed by atoms with E-state index in [9.17, 15) is 4.79 Å². The third kappa shape index (κ3) is 3.42. The highest BCUT2D eigenvalue weighted by Crippen LogP contribution is 2.25. The van der Waals surface area contributed by atoms with Crippen LogP contribution in [0, 0.1) is 0 Å². The predicted molar refractivity (Wildman–Crippen MR) is 92.2 cm³/mol. The zero-order valence-corrected chi connectivity index (χ0v) is 13.5. The first-order valence-corrected chi connectivity index (χ1v) is 7.30. The highest BCUT2D eigenvalue weighted by molar-refractivity contribution is 5.85. The smallest absolute Gasteiger partial charge is 0.227 e. The number of nitrogen functional groups attached to an aromatic ring is 1. The van der Waals surface area contributed by atoms with Gasteiger partial charge in [-0.05, 0) is 41.7 Å². The van der Waals surface area contributed by atoms with Gasteiger partial charge in [-0.2, -0.15) is 0 Å². The molecule has 116 valence electrons. The summed E-state index contributed by atoms with van der Waals surface area (Å²) in [5.41, 5.74) is 10.1. The molecule has 0 saturated heterocycles. The molecular formula is C18H21ClN2O. The van der Waals surface area contributed by atoms with Gasteiger partial charge in [0.1, 0.15) is 0 Å².